The predicted octanol–water partition coefficient (Wildman–Crippen LogP) is -0.502. The number of esters is 1. The third kappa shape index (κ3) is 4.46. The summed E-state index contributed by atoms with van der Waals surface area (Å²) in [6.07, 6.45) is 1.37. The van der Waals surface area contributed by atoms with Crippen LogP contribution in [0.5, 0.6) is 0 Å². The Morgan fingerprint density at radius 1 is 1.47 bits per heavy atom. The number of aromatic nitrogens is 1. The molecule has 7 heteroatoms. The molecule has 1 heterocycles. The summed E-state index contributed by atoms with van der Waals surface area (Å²) in [4.78, 5) is 34.5. The normalized spacial score (nSPS) is 11.7. The average Bonchev–Trinajstić information content (AvgIpc) is 2.34. The first-order chi connectivity index (χ1) is 8.93. The first-order valence-corrected chi connectivity index (χ1v) is 5.86. The fraction of sp³-hybridized carbons (Fsp3) is 0.417. The Labute approximate surface area is 110 Å². The lowest BCUT2D eigenvalue weighted by atomic mass is 10.3. The SMILES string of the molecule is CCOC(=O)C(C)NC(=O)Cn1cc(N)ccc1=O. The summed E-state index contributed by atoms with van der Waals surface area (Å²) < 4.78 is 5.92. The van der Waals surface area contributed by atoms with Gasteiger partial charge in [-0.15, -0.1) is 0 Å². The van der Waals surface area contributed by atoms with Crippen molar-refractivity contribution in [2.75, 3.05) is 12.3 Å². The minimum atomic E-state index is -0.760. The van der Waals surface area contributed by atoms with Gasteiger partial charge in [-0.25, -0.2) is 4.79 Å². The highest BCUT2D eigenvalue weighted by Gasteiger charge is 2.16. The monoisotopic (exact) mass is 267 g/mol. The van der Waals surface area contributed by atoms with Gasteiger partial charge in [0, 0.05) is 18.0 Å². The molecule has 0 aliphatic carbocycles. The number of hydrogen-bond acceptors (Lipinski definition) is 5. The van der Waals surface area contributed by atoms with Crippen molar-refractivity contribution >= 4 is 17.6 Å². The van der Waals surface area contributed by atoms with Crippen molar-refractivity contribution < 1.29 is 14.3 Å². The second kappa shape index (κ2) is 6.58. The van der Waals surface area contributed by atoms with Gasteiger partial charge in [-0.1, -0.05) is 0 Å². The zero-order chi connectivity index (χ0) is 14.4. The van der Waals surface area contributed by atoms with Crippen molar-refractivity contribution in [1.29, 1.82) is 0 Å². The largest absolute Gasteiger partial charge is 0.464 e. The van der Waals surface area contributed by atoms with E-state index in [1.54, 1.807) is 6.92 Å². The summed E-state index contributed by atoms with van der Waals surface area (Å²) >= 11 is 0. The number of rotatable bonds is 5. The molecule has 0 fully saturated rings. The Kier molecular flexibility index (Phi) is 5.11. The van der Waals surface area contributed by atoms with E-state index in [1.165, 1.54) is 29.8 Å². The molecule has 0 saturated heterocycles. The van der Waals surface area contributed by atoms with E-state index in [1.807, 2.05) is 0 Å². The summed E-state index contributed by atoms with van der Waals surface area (Å²) in [5.74, 6) is -0.982. The summed E-state index contributed by atoms with van der Waals surface area (Å²) in [5, 5.41) is 2.45. The zero-order valence-electron chi connectivity index (χ0n) is 10.9. The molecule has 0 saturated carbocycles. The van der Waals surface area contributed by atoms with Crippen molar-refractivity contribution in [1.82, 2.24) is 9.88 Å². The van der Waals surface area contributed by atoms with E-state index in [0.717, 1.165) is 0 Å². The molecule has 19 heavy (non-hydrogen) atoms. The number of carbonyl (C=O) groups is 2. The van der Waals surface area contributed by atoms with Gasteiger partial charge in [0.25, 0.3) is 5.56 Å². The van der Waals surface area contributed by atoms with Crippen LogP contribution >= 0.6 is 0 Å². The molecule has 0 bridgehead atoms. The van der Waals surface area contributed by atoms with Crippen LogP contribution in [0.25, 0.3) is 0 Å². The van der Waals surface area contributed by atoms with Crippen LogP contribution in [0.15, 0.2) is 23.1 Å². The van der Waals surface area contributed by atoms with Crippen molar-refractivity contribution in [2.24, 2.45) is 0 Å². The molecular formula is C12H17N3O4. The molecule has 0 spiro atoms. The van der Waals surface area contributed by atoms with E-state index in [9.17, 15) is 14.4 Å². The maximum atomic E-state index is 11.7. The van der Waals surface area contributed by atoms with Gasteiger partial charge >= 0.3 is 5.97 Å². The highest BCUT2D eigenvalue weighted by Crippen LogP contribution is 1.96. The summed E-state index contributed by atoms with van der Waals surface area (Å²) in [5.41, 5.74) is 5.57. The highest BCUT2D eigenvalue weighted by molar-refractivity contribution is 5.84. The molecule has 0 radical (unpaired) electrons. The van der Waals surface area contributed by atoms with Crippen LogP contribution in [0.4, 0.5) is 5.69 Å². The fourth-order valence-corrected chi connectivity index (χ4v) is 1.44. The molecule has 1 atom stereocenters. The van der Waals surface area contributed by atoms with Crippen LogP contribution in [0.3, 0.4) is 0 Å². The van der Waals surface area contributed by atoms with Crippen molar-refractivity contribution in [3.63, 3.8) is 0 Å². The molecule has 1 unspecified atom stereocenters. The highest BCUT2D eigenvalue weighted by atomic mass is 16.5. The Bertz CT molecular complexity index is 524. The molecule has 0 aromatic carbocycles. The number of nitrogens with zero attached hydrogens (tertiary/aromatic N) is 1. The van der Waals surface area contributed by atoms with Crippen LogP contribution < -0.4 is 16.6 Å². The van der Waals surface area contributed by atoms with Crippen molar-refractivity contribution in [3.8, 4) is 0 Å². The number of hydrogen-bond donors (Lipinski definition) is 2. The minimum Gasteiger partial charge on any atom is -0.464 e. The topological polar surface area (TPSA) is 103 Å². The summed E-state index contributed by atoms with van der Waals surface area (Å²) in [6, 6.07) is 1.97. The van der Waals surface area contributed by atoms with Crippen LogP contribution in [0, 0.1) is 0 Å². The van der Waals surface area contributed by atoms with E-state index in [0.29, 0.717) is 5.69 Å². The second-order valence-corrected chi connectivity index (χ2v) is 3.97. The van der Waals surface area contributed by atoms with E-state index >= 15 is 0 Å². The molecular weight excluding hydrogens is 250 g/mol. The van der Waals surface area contributed by atoms with Crippen LogP contribution in [-0.4, -0.2) is 29.1 Å². The van der Waals surface area contributed by atoms with Crippen molar-refractivity contribution in [3.05, 3.63) is 28.7 Å². The second-order valence-electron chi connectivity index (χ2n) is 3.97. The molecule has 0 aliphatic heterocycles. The smallest absolute Gasteiger partial charge is 0.328 e. The molecule has 1 aromatic rings. The molecule has 1 rings (SSSR count). The number of ether oxygens (including phenoxy) is 1. The third-order valence-corrected chi connectivity index (χ3v) is 2.34. The van der Waals surface area contributed by atoms with E-state index in [-0.39, 0.29) is 18.7 Å². The minimum absolute atomic E-state index is 0.201. The Hall–Kier alpha value is -2.31. The molecule has 7 nitrogen and oxygen atoms in total. The number of nitrogens with two attached hydrogens (primary N) is 1. The molecule has 1 aromatic heterocycles. The standard InChI is InChI=1S/C12H17N3O4/c1-3-19-12(18)8(2)14-10(16)7-15-6-9(13)4-5-11(15)17/h4-6,8H,3,7,13H2,1-2H3,(H,14,16). The van der Waals surface area contributed by atoms with Crippen molar-refractivity contribution in [2.45, 2.75) is 26.4 Å². The van der Waals surface area contributed by atoms with E-state index in [2.05, 4.69) is 5.32 Å². The Morgan fingerprint density at radius 2 is 2.16 bits per heavy atom. The number of nitrogen functional groups attached to an aromatic ring is 1. The van der Waals surface area contributed by atoms with Gasteiger partial charge in [-0.2, -0.15) is 0 Å². The lowest BCUT2D eigenvalue weighted by molar-refractivity contribution is -0.146. The van der Waals surface area contributed by atoms with Gasteiger partial charge in [0.15, 0.2) is 0 Å². The quantitative estimate of drug-likeness (QED) is 0.700. The number of nitrogens with one attached hydrogen (secondary N) is 1. The van der Waals surface area contributed by atoms with E-state index in [4.69, 9.17) is 10.5 Å². The number of pyridine rings is 1. The van der Waals surface area contributed by atoms with Crippen LogP contribution in [0.1, 0.15) is 13.8 Å². The van der Waals surface area contributed by atoms with Gasteiger partial charge < -0.3 is 20.4 Å². The number of anilines is 1. The predicted molar refractivity (Wildman–Crippen MR) is 69.4 cm³/mol. The first-order valence-electron chi connectivity index (χ1n) is 5.86. The Balaban J connectivity index is 2.63. The lowest BCUT2D eigenvalue weighted by Crippen LogP contribution is -2.42. The maximum Gasteiger partial charge on any atom is 0.328 e. The summed E-state index contributed by atoms with van der Waals surface area (Å²) in [6.45, 7) is 3.23. The average molecular weight is 267 g/mol. The fourth-order valence-electron chi connectivity index (χ4n) is 1.44. The molecule has 3 N–H and O–H groups in total. The van der Waals surface area contributed by atoms with E-state index < -0.39 is 17.9 Å². The third-order valence-electron chi connectivity index (χ3n) is 2.34. The van der Waals surface area contributed by atoms with Gasteiger partial charge in [0.2, 0.25) is 5.91 Å². The Morgan fingerprint density at radius 3 is 2.79 bits per heavy atom. The van der Waals surface area contributed by atoms with Gasteiger partial charge in [0.05, 0.1) is 6.61 Å². The summed E-state index contributed by atoms with van der Waals surface area (Å²) in [7, 11) is 0. The van der Waals surface area contributed by atoms with Gasteiger partial charge in [0.1, 0.15) is 12.6 Å². The van der Waals surface area contributed by atoms with Gasteiger partial charge in [-0.05, 0) is 19.9 Å². The zero-order valence-corrected chi connectivity index (χ0v) is 10.9. The van der Waals surface area contributed by atoms with Crippen LogP contribution in [0.2, 0.25) is 0 Å². The number of amides is 1. The molecule has 104 valence electrons. The number of carbonyl (C=O) groups excluding carboxylic acids is 2. The first kappa shape index (κ1) is 14.7. The van der Waals surface area contributed by atoms with Crippen LogP contribution in [-0.2, 0) is 20.9 Å². The molecule has 1 amide bonds. The lowest BCUT2D eigenvalue weighted by Gasteiger charge is -2.13. The maximum absolute atomic E-state index is 11.7. The van der Waals surface area contributed by atoms with Gasteiger partial charge in [-0.3, -0.25) is 9.59 Å². The molecule has 0 aliphatic rings.